The van der Waals surface area contributed by atoms with Crippen LogP contribution in [-0.4, -0.2) is 36.3 Å². The van der Waals surface area contributed by atoms with Gasteiger partial charge in [-0.05, 0) is 43.4 Å². The van der Waals surface area contributed by atoms with Crippen molar-refractivity contribution in [2.75, 3.05) is 11.9 Å². The Hall–Kier alpha value is -2.12. The molecule has 1 aliphatic heterocycles. The van der Waals surface area contributed by atoms with E-state index in [2.05, 4.69) is 16.0 Å². The normalized spacial score (nSPS) is 21.7. The quantitative estimate of drug-likeness (QED) is 0.619. The molecule has 0 spiro atoms. The van der Waals surface area contributed by atoms with Crippen LogP contribution < -0.4 is 21.7 Å². The van der Waals surface area contributed by atoms with Crippen molar-refractivity contribution < 1.29 is 14.4 Å². The van der Waals surface area contributed by atoms with Crippen LogP contribution in [0.5, 0.6) is 0 Å². The number of rotatable bonds is 5. The van der Waals surface area contributed by atoms with Crippen molar-refractivity contribution in [1.29, 1.82) is 0 Å². The second kappa shape index (κ2) is 8.05. The first-order valence-electron chi connectivity index (χ1n) is 8.89. The van der Waals surface area contributed by atoms with Gasteiger partial charge in [-0.2, -0.15) is 0 Å². The highest BCUT2D eigenvalue weighted by Gasteiger charge is 2.26. The van der Waals surface area contributed by atoms with Crippen LogP contribution >= 0.6 is 11.6 Å². The van der Waals surface area contributed by atoms with Gasteiger partial charge >= 0.3 is 0 Å². The van der Waals surface area contributed by atoms with E-state index in [9.17, 15) is 14.4 Å². The van der Waals surface area contributed by atoms with Crippen LogP contribution in [-0.2, 0) is 16.0 Å². The number of halogens is 1. The summed E-state index contributed by atoms with van der Waals surface area (Å²) < 4.78 is 0. The van der Waals surface area contributed by atoms with E-state index in [0.29, 0.717) is 29.2 Å². The van der Waals surface area contributed by atoms with Crippen LogP contribution in [0, 0.1) is 0 Å². The van der Waals surface area contributed by atoms with Gasteiger partial charge in [-0.3, -0.25) is 14.4 Å². The largest absolute Gasteiger partial charge is 0.353 e. The van der Waals surface area contributed by atoms with Crippen molar-refractivity contribution in [2.24, 2.45) is 5.73 Å². The highest BCUT2D eigenvalue weighted by Crippen LogP contribution is 2.30. The van der Waals surface area contributed by atoms with Crippen molar-refractivity contribution in [3.8, 4) is 0 Å². The maximum absolute atomic E-state index is 12.6. The number of fused-ring (bicyclic) bond motifs is 1. The van der Waals surface area contributed by atoms with E-state index in [1.807, 2.05) is 0 Å². The Bertz CT molecular complexity index is 729. The molecule has 2 aliphatic rings. The molecule has 140 valence electrons. The number of hydrogen-bond donors (Lipinski definition) is 4. The van der Waals surface area contributed by atoms with Crippen molar-refractivity contribution in [3.63, 3.8) is 0 Å². The fraction of sp³-hybridized carbons (Fsp3) is 0.500. The molecule has 0 bridgehead atoms. The van der Waals surface area contributed by atoms with Gasteiger partial charge in [0.25, 0.3) is 5.91 Å². The number of benzene rings is 1. The molecule has 0 atom stereocenters. The molecule has 0 radical (unpaired) electrons. The van der Waals surface area contributed by atoms with E-state index in [0.717, 1.165) is 31.2 Å². The number of carbonyl (C=O) groups is 3. The first-order valence-corrected chi connectivity index (χ1v) is 9.26. The van der Waals surface area contributed by atoms with Crippen molar-refractivity contribution in [3.05, 3.63) is 28.3 Å². The summed E-state index contributed by atoms with van der Waals surface area (Å²) in [7, 11) is 0. The Kier molecular flexibility index (Phi) is 5.78. The summed E-state index contributed by atoms with van der Waals surface area (Å²) >= 11 is 6.21. The van der Waals surface area contributed by atoms with Gasteiger partial charge in [0, 0.05) is 30.7 Å². The third kappa shape index (κ3) is 4.34. The summed E-state index contributed by atoms with van der Waals surface area (Å²) in [5.74, 6) is -0.343. The average Bonchev–Trinajstić information content (AvgIpc) is 2.95. The topological polar surface area (TPSA) is 113 Å². The lowest BCUT2D eigenvalue weighted by Crippen LogP contribution is -2.44. The van der Waals surface area contributed by atoms with Gasteiger partial charge in [0.1, 0.15) is 0 Å². The van der Waals surface area contributed by atoms with E-state index in [4.69, 9.17) is 17.3 Å². The zero-order valence-electron chi connectivity index (χ0n) is 14.4. The van der Waals surface area contributed by atoms with Gasteiger partial charge in [0.15, 0.2) is 0 Å². The van der Waals surface area contributed by atoms with Gasteiger partial charge in [0.2, 0.25) is 11.8 Å². The molecule has 3 amide bonds. The first kappa shape index (κ1) is 18.7. The molecule has 7 nitrogen and oxygen atoms in total. The summed E-state index contributed by atoms with van der Waals surface area (Å²) in [6, 6.07) is 3.50. The predicted octanol–water partition coefficient (Wildman–Crippen LogP) is 1.34. The summed E-state index contributed by atoms with van der Waals surface area (Å²) in [6.07, 6.45) is 3.82. The molecular weight excluding hydrogens is 356 g/mol. The van der Waals surface area contributed by atoms with E-state index in [1.54, 1.807) is 12.1 Å². The molecule has 3 rings (SSSR count). The lowest BCUT2D eigenvalue weighted by molar-refractivity contribution is -0.121. The molecule has 0 unspecified atom stereocenters. The fourth-order valence-electron chi connectivity index (χ4n) is 3.50. The van der Waals surface area contributed by atoms with Crippen LogP contribution in [0.2, 0.25) is 5.02 Å². The summed E-state index contributed by atoms with van der Waals surface area (Å²) in [5, 5.41) is 9.03. The molecular formula is C18H23ClN4O3. The number of carbonyl (C=O) groups excluding carboxylic acids is 3. The van der Waals surface area contributed by atoms with E-state index >= 15 is 0 Å². The minimum absolute atomic E-state index is 0.0203. The summed E-state index contributed by atoms with van der Waals surface area (Å²) in [5.41, 5.74) is 7.23. The maximum atomic E-state index is 12.6. The molecule has 1 heterocycles. The molecule has 1 saturated carbocycles. The average molecular weight is 379 g/mol. The Morgan fingerprint density at radius 2 is 1.81 bits per heavy atom. The highest BCUT2D eigenvalue weighted by atomic mass is 35.5. The molecule has 0 saturated heterocycles. The molecule has 8 heteroatoms. The standard InChI is InChI=1S/C18H23ClN4O3/c19-14-9-15-10(8-17(25)23-15)7-13(14)18(26)22-12-3-1-11(2-4-12)21-16(24)5-6-20/h7,9,11-12H,1-6,8,20H2,(H,21,24)(H,22,26)(H,23,25)/t11-,12-. The van der Waals surface area contributed by atoms with Crippen LogP contribution in [0.3, 0.4) is 0 Å². The molecule has 1 fully saturated rings. The van der Waals surface area contributed by atoms with Gasteiger partial charge in [-0.1, -0.05) is 11.6 Å². The summed E-state index contributed by atoms with van der Waals surface area (Å²) in [6.45, 7) is 0.347. The van der Waals surface area contributed by atoms with Crippen molar-refractivity contribution in [1.82, 2.24) is 10.6 Å². The van der Waals surface area contributed by atoms with Gasteiger partial charge in [-0.15, -0.1) is 0 Å². The molecule has 0 aromatic heterocycles. The smallest absolute Gasteiger partial charge is 0.253 e. The zero-order chi connectivity index (χ0) is 18.7. The SMILES string of the molecule is NCCC(=O)N[C@H]1CC[C@H](NC(=O)c2cc3c(cc2Cl)NC(=O)C3)CC1. The number of nitrogens with two attached hydrogens (primary N) is 1. The summed E-state index contributed by atoms with van der Waals surface area (Å²) in [4.78, 5) is 35.6. The Morgan fingerprint density at radius 1 is 1.15 bits per heavy atom. The first-order chi connectivity index (χ1) is 12.5. The van der Waals surface area contributed by atoms with Crippen molar-refractivity contribution >= 4 is 35.0 Å². The third-order valence-corrected chi connectivity index (χ3v) is 5.17. The van der Waals surface area contributed by atoms with E-state index in [-0.39, 0.29) is 36.2 Å². The Balaban J connectivity index is 1.54. The molecule has 1 aliphatic carbocycles. The van der Waals surface area contributed by atoms with Crippen molar-refractivity contribution in [2.45, 2.75) is 50.6 Å². The molecule has 26 heavy (non-hydrogen) atoms. The lowest BCUT2D eigenvalue weighted by atomic mass is 9.90. The Morgan fingerprint density at radius 3 is 2.46 bits per heavy atom. The number of amides is 3. The third-order valence-electron chi connectivity index (χ3n) is 4.86. The number of nitrogens with one attached hydrogen (secondary N) is 3. The predicted molar refractivity (Wildman–Crippen MR) is 99.1 cm³/mol. The van der Waals surface area contributed by atoms with Gasteiger partial charge < -0.3 is 21.7 Å². The monoisotopic (exact) mass is 378 g/mol. The van der Waals surface area contributed by atoms with Crippen LogP contribution in [0.1, 0.15) is 48.0 Å². The second-order valence-corrected chi connectivity index (χ2v) is 7.25. The van der Waals surface area contributed by atoms with Crippen LogP contribution in [0.25, 0.3) is 0 Å². The molecule has 5 N–H and O–H groups in total. The maximum Gasteiger partial charge on any atom is 0.253 e. The molecule has 1 aromatic carbocycles. The van der Waals surface area contributed by atoms with Gasteiger partial charge in [-0.25, -0.2) is 0 Å². The molecule has 1 aromatic rings. The van der Waals surface area contributed by atoms with E-state index in [1.165, 1.54) is 0 Å². The number of anilines is 1. The van der Waals surface area contributed by atoms with Crippen LogP contribution in [0.15, 0.2) is 12.1 Å². The van der Waals surface area contributed by atoms with E-state index < -0.39 is 0 Å². The van der Waals surface area contributed by atoms with Gasteiger partial charge in [0.05, 0.1) is 17.0 Å². The van der Waals surface area contributed by atoms with Crippen LogP contribution in [0.4, 0.5) is 5.69 Å². The second-order valence-electron chi connectivity index (χ2n) is 6.84. The Labute approximate surface area is 157 Å². The number of hydrogen-bond acceptors (Lipinski definition) is 4. The lowest BCUT2D eigenvalue weighted by Gasteiger charge is -2.29. The highest BCUT2D eigenvalue weighted by molar-refractivity contribution is 6.34. The minimum atomic E-state index is -0.229. The zero-order valence-corrected chi connectivity index (χ0v) is 15.2. The minimum Gasteiger partial charge on any atom is -0.353 e. The fourth-order valence-corrected chi connectivity index (χ4v) is 3.75.